The van der Waals surface area contributed by atoms with Crippen LogP contribution < -0.4 is 0 Å². The van der Waals surface area contributed by atoms with E-state index in [-0.39, 0.29) is 22.3 Å². The van der Waals surface area contributed by atoms with Gasteiger partial charge in [0.05, 0.1) is 28.2 Å². The normalized spacial score (nSPS) is 22.4. The summed E-state index contributed by atoms with van der Waals surface area (Å²) in [5.74, 6) is -0.110. The predicted molar refractivity (Wildman–Crippen MR) is 141 cm³/mol. The number of ketones is 1. The van der Waals surface area contributed by atoms with Crippen molar-refractivity contribution in [3.8, 4) is 5.69 Å². The molecule has 2 aromatic heterocycles. The summed E-state index contributed by atoms with van der Waals surface area (Å²) in [5, 5.41) is 4.18. The maximum atomic E-state index is 14.1. The SMILES string of the molecule is CC(C)(C)CS(O)(O)[C@H]1CCC2=Cc3c(cnn3-c3ccc(F)cc3)C[C@]2(C(=O)c2ccccn2)C1. The lowest BCUT2D eigenvalue weighted by molar-refractivity contribution is 0.0795. The molecule has 0 unspecified atom stereocenters. The molecule has 0 amide bonds. The van der Waals surface area contributed by atoms with Crippen LogP contribution in [0.4, 0.5) is 4.39 Å². The van der Waals surface area contributed by atoms with Crippen LogP contribution in [-0.2, 0) is 6.42 Å². The minimum atomic E-state index is -2.92. The van der Waals surface area contributed by atoms with Gasteiger partial charge in [-0.05, 0) is 79.1 Å². The van der Waals surface area contributed by atoms with Gasteiger partial charge in [-0.1, -0.05) is 32.4 Å². The zero-order chi connectivity index (χ0) is 25.7. The number of hydrogen-bond acceptors (Lipinski definition) is 5. The number of nitrogens with zero attached hydrogens (tertiary/aromatic N) is 3. The summed E-state index contributed by atoms with van der Waals surface area (Å²) in [4.78, 5) is 18.5. The van der Waals surface area contributed by atoms with Crippen molar-refractivity contribution in [2.45, 2.75) is 51.7 Å². The van der Waals surface area contributed by atoms with E-state index >= 15 is 0 Å². The van der Waals surface area contributed by atoms with E-state index in [0.717, 1.165) is 22.5 Å². The number of rotatable bonds is 5. The number of carbonyl (C=O) groups excluding carboxylic acids is 1. The quantitative estimate of drug-likeness (QED) is 0.380. The van der Waals surface area contributed by atoms with E-state index in [0.29, 0.717) is 37.1 Å². The van der Waals surface area contributed by atoms with Gasteiger partial charge in [0.25, 0.3) is 0 Å². The summed E-state index contributed by atoms with van der Waals surface area (Å²) in [6.45, 7) is 6.00. The molecule has 2 heterocycles. The molecule has 0 spiro atoms. The van der Waals surface area contributed by atoms with Crippen molar-refractivity contribution in [1.82, 2.24) is 14.8 Å². The van der Waals surface area contributed by atoms with Crippen LogP contribution in [0.1, 0.15) is 61.8 Å². The monoisotopic (exact) mass is 509 g/mol. The van der Waals surface area contributed by atoms with Crippen LogP contribution >= 0.6 is 10.6 Å². The summed E-state index contributed by atoms with van der Waals surface area (Å²) in [7, 11) is -2.92. The molecule has 6 nitrogen and oxygen atoms in total. The zero-order valence-corrected chi connectivity index (χ0v) is 21.6. The fraction of sp³-hybridized carbons (Fsp3) is 0.393. The lowest BCUT2D eigenvalue weighted by Gasteiger charge is -2.51. The highest BCUT2D eigenvalue weighted by Crippen LogP contribution is 2.60. The molecular weight excluding hydrogens is 477 g/mol. The Hall–Kier alpha value is -2.81. The van der Waals surface area contributed by atoms with Crippen molar-refractivity contribution in [3.63, 3.8) is 0 Å². The number of carbonyl (C=O) groups is 1. The molecule has 190 valence electrons. The van der Waals surface area contributed by atoms with Gasteiger partial charge in [-0.25, -0.2) is 9.07 Å². The van der Waals surface area contributed by atoms with Crippen LogP contribution in [0.5, 0.6) is 0 Å². The number of benzene rings is 1. The van der Waals surface area contributed by atoms with Crippen molar-refractivity contribution >= 4 is 22.4 Å². The minimum Gasteiger partial charge on any atom is -0.299 e. The third kappa shape index (κ3) is 4.53. The largest absolute Gasteiger partial charge is 0.299 e. The van der Waals surface area contributed by atoms with Crippen LogP contribution in [-0.4, -0.2) is 40.7 Å². The van der Waals surface area contributed by atoms with Gasteiger partial charge in [-0.2, -0.15) is 15.7 Å². The first-order valence-corrected chi connectivity index (χ1v) is 14.0. The van der Waals surface area contributed by atoms with E-state index in [9.17, 15) is 18.3 Å². The van der Waals surface area contributed by atoms with Gasteiger partial charge >= 0.3 is 0 Å². The van der Waals surface area contributed by atoms with Crippen molar-refractivity contribution in [3.05, 3.63) is 83.2 Å². The molecule has 2 atom stereocenters. The second-order valence-corrected chi connectivity index (χ2v) is 13.6. The maximum Gasteiger partial charge on any atom is 0.191 e. The predicted octanol–water partition coefficient (Wildman–Crippen LogP) is 6.56. The first-order valence-electron chi connectivity index (χ1n) is 12.2. The third-order valence-electron chi connectivity index (χ3n) is 7.20. The number of Topliss-reactive ketones (excluding diaryl/α,β-unsaturated/α-hetero) is 1. The van der Waals surface area contributed by atoms with Gasteiger partial charge in [0.15, 0.2) is 5.78 Å². The molecular formula is C28H32FN3O3S. The van der Waals surface area contributed by atoms with Gasteiger partial charge in [0, 0.05) is 11.9 Å². The van der Waals surface area contributed by atoms with Crippen LogP contribution in [0.3, 0.4) is 0 Å². The Balaban J connectivity index is 1.58. The fourth-order valence-corrected chi connectivity index (χ4v) is 8.23. The zero-order valence-electron chi connectivity index (χ0n) is 20.8. The lowest BCUT2D eigenvalue weighted by Crippen LogP contribution is -2.45. The Morgan fingerprint density at radius 2 is 1.94 bits per heavy atom. The summed E-state index contributed by atoms with van der Waals surface area (Å²) in [6, 6.07) is 11.5. The van der Waals surface area contributed by atoms with Gasteiger partial charge in [-0.15, -0.1) is 0 Å². The molecule has 36 heavy (non-hydrogen) atoms. The van der Waals surface area contributed by atoms with E-state index in [1.165, 1.54) is 12.1 Å². The van der Waals surface area contributed by atoms with E-state index in [2.05, 4.69) is 10.1 Å². The molecule has 0 bridgehead atoms. The third-order valence-corrected chi connectivity index (χ3v) is 9.96. The number of fused-ring (bicyclic) bond motifs is 2. The van der Waals surface area contributed by atoms with Crippen LogP contribution in [0, 0.1) is 16.6 Å². The van der Waals surface area contributed by atoms with E-state index in [4.69, 9.17) is 0 Å². The number of allylic oxidation sites excluding steroid dienone is 1. The van der Waals surface area contributed by atoms with Gasteiger partial charge in [0.1, 0.15) is 11.5 Å². The molecule has 5 rings (SSSR count). The molecule has 1 saturated carbocycles. The minimum absolute atomic E-state index is 0.0924. The Morgan fingerprint density at radius 3 is 2.61 bits per heavy atom. The molecule has 3 aromatic rings. The Bertz CT molecular complexity index is 1310. The summed E-state index contributed by atoms with van der Waals surface area (Å²) >= 11 is 0. The van der Waals surface area contributed by atoms with Crippen molar-refractivity contribution in [2.75, 3.05) is 5.75 Å². The Labute approximate surface area is 212 Å². The van der Waals surface area contributed by atoms with Crippen molar-refractivity contribution < 1.29 is 18.3 Å². The Kier molecular flexibility index (Phi) is 6.17. The van der Waals surface area contributed by atoms with Crippen LogP contribution in [0.25, 0.3) is 11.8 Å². The van der Waals surface area contributed by atoms with Crippen LogP contribution in [0.2, 0.25) is 0 Å². The van der Waals surface area contributed by atoms with E-state index < -0.39 is 16.0 Å². The van der Waals surface area contributed by atoms with Crippen LogP contribution in [0.15, 0.2) is 60.4 Å². The highest BCUT2D eigenvalue weighted by molar-refractivity contribution is 8.24. The van der Waals surface area contributed by atoms with Crippen molar-refractivity contribution in [2.24, 2.45) is 10.8 Å². The molecule has 0 saturated heterocycles. The summed E-state index contributed by atoms with van der Waals surface area (Å²) in [5.41, 5.74) is 2.71. The first kappa shape index (κ1) is 24.9. The summed E-state index contributed by atoms with van der Waals surface area (Å²) < 4.78 is 37.8. The summed E-state index contributed by atoms with van der Waals surface area (Å²) in [6.07, 6.45) is 7.35. The molecule has 2 aliphatic rings. The topological polar surface area (TPSA) is 88.2 Å². The van der Waals surface area contributed by atoms with Gasteiger partial charge in [-0.3, -0.25) is 18.9 Å². The standard InChI is InChI=1S/C28H32FN3O3S/c1-27(2,3)18-36(34,35)23-12-7-20-14-25-19(17-31-32(25)22-10-8-21(29)9-11-22)15-28(20,16-23)26(33)24-6-4-5-13-30-24/h4-6,8-11,13-14,17,23,34-35H,7,12,15-16,18H2,1-3H3/t23-,28-/m0/s1. The van der Waals surface area contributed by atoms with Gasteiger partial charge in [0.2, 0.25) is 0 Å². The average molecular weight is 510 g/mol. The fourth-order valence-electron chi connectivity index (χ4n) is 5.67. The smallest absolute Gasteiger partial charge is 0.191 e. The molecule has 1 aromatic carbocycles. The number of aromatic nitrogens is 3. The highest BCUT2D eigenvalue weighted by Gasteiger charge is 2.52. The lowest BCUT2D eigenvalue weighted by atomic mass is 9.61. The second kappa shape index (κ2) is 8.94. The van der Waals surface area contributed by atoms with Gasteiger partial charge < -0.3 is 0 Å². The molecule has 1 fully saturated rings. The molecule has 2 aliphatic carbocycles. The average Bonchev–Trinajstić information content (AvgIpc) is 3.23. The van der Waals surface area contributed by atoms with E-state index in [1.54, 1.807) is 47.4 Å². The molecule has 0 aliphatic heterocycles. The maximum absolute atomic E-state index is 14.1. The Morgan fingerprint density at radius 1 is 1.19 bits per heavy atom. The van der Waals surface area contributed by atoms with E-state index in [1.807, 2.05) is 26.8 Å². The number of halogens is 1. The number of pyridine rings is 1. The molecule has 8 heteroatoms. The number of hydrogen-bond donors (Lipinski definition) is 2. The van der Waals surface area contributed by atoms with Crippen molar-refractivity contribution in [1.29, 1.82) is 0 Å². The molecule has 0 radical (unpaired) electrons. The second-order valence-electron chi connectivity index (χ2n) is 11.2. The highest BCUT2D eigenvalue weighted by atomic mass is 32.3. The first-order chi connectivity index (χ1) is 17.0. The molecule has 2 N–H and O–H groups in total.